The number of carbonyl (C=O) groups is 1. The molecular weight excluding hydrogens is 224 g/mol. The summed E-state index contributed by atoms with van der Waals surface area (Å²) >= 11 is 0. The first kappa shape index (κ1) is 13.7. The van der Waals surface area contributed by atoms with Crippen LogP contribution < -0.4 is 5.32 Å². The molecule has 0 aromatic carbocycles. The monoisotopic (exact) mass is 242 g/mol. The van der Waals surface area contributed by atoms with Gasteiger partial charge < -0.3 is 25.3 Å². The number of aromatic nitrogens is 1. The van der Waals surface area contributed by atoms with Crippen LogP contribution in [0.4, 0.5) is 0 Å². The summed E-state index contributed by atoms with van der Waals surface area (Å²) < 4.78 is 4.80. The molecule has 2 atom stereocenters. The standard InChI is InChI=1S/C11H18N2O4/c1-3-17-11(16)8-4-7(5-13-8)10(15)9(14)6-12-2/h4-5,9-10,12-15H,3,6H2,1-2H3. The van der Waals surface area contributed by atoms with E-state index in [4.69, 9.17) is 4.74 Å². The van der Waals surface area contributed by atoms with E-state index in [1.165, 1.54) is 12.3 Å². The van der Waals surface area contributed by atoms with Gasteiger partial charge in [-0.05, 0) is 20.0 Å². The number of aliphatic hydroxyl groups is 2. The van der Waals surface area contributed by atoms with Crippen LogP contribution in [0.25, 0.3) is 0 Å². The second-order valence-electron chi connectivity index (χ2n) is 3.64. The lowest BCUT2D eigenvalue weighted by Gasteiger charge is -2.15. The van der Waals surface area contributed by atoms with E-state index in [1.807, 2.05) is 0 Å². The zero-order chi connectivity index (χ0) is 12.8. The number of ether oxygens (including phenoxy) is 1. The largest absolute Gasteiger partial charge is 0.461 e. The summed E-state index contributed by atoms with van der Waals surface area (Å²) in [7, 11) is 1.68. The Bertz CT molecular complexity index is 364. The highest BCUT2D eigenvalue weighted by atomic mass is 16.5. The minimum atomic E-state index is -1.04. The highest BCUT2D eigenvalue weighted by Crippen LogP contribution is 2.18. The Labute approximate surface area is 99.6 Å². The minimum Gasteiger partial charge on any atom is -0.461 e. The van der Waals surface area contributed by atoms with E-state index >= 15 is 0 Å². The van der Waals surface area contributed by atoms with E-state index < -0.39 is 18.2 Å². The molecule has 0 fully saturated rings. The summed E-state index contributed by atoms with van der Waals surface area (Å²) in [6.45, 7) is 2.27. The van der Waals surface area contributed by atoms with Crippen LogP contribution in [0.5, 0.6) is 0 Å². The fourth-order valence-electron chi connectivity index (χ4n) is 1.45. The van der Waals surface area contributed by atoms with Gasteiger partial charge in [-0.25, -0.2) is 4.79 Å². The van der Waals surface area contributed by atoms with Crippen molar-refractivity contribution in [1.82, 2.24) is 10.3 Å². The molecular formula is C11H18N2O4. The average Bonchev–Trinajstić information content (AvgIpc) is 2.78. The van der Waals surface area contributed by atoms with Gasteiger partial charge in [-0.2, -0.15) is 0 Å². The molecule has 1 aromatic rings. The Kier molecular flexibility index (Phi) is 5.14. The normalized spacial score (nSPS) is 14.4. The van der Waals surface area contributed by atoms with Crippen LogP contribution in [0.2, 0.25) is 0 Å². The van der Waals surface area contributed by atoms with E-state index in [1.54, 1.807) is 14.0 Å². The van der Waals surface area contributed by atoms with Gasteiger partial charge in [-0.3, -0.25) is 0 Å². The van der Waals surface area contributed by atoms with Gasteiger partial charge in [0.05, 0.1) is 12.7 Å². The van der Waals surface area contributed by atoms with E-state index in [2.05, 4.69) is 10.3 Å². The number of hydrogen-bond donors (Lipinski definition) is 4. The summed E-state index contributed by atoms with van der Waals surface area (Å²) in [5.41, 5.74) is 0.716. The van der Waals surface area contributed by atoms with Gasteiger partial charge in [0, 0.05) is 18.3 Å². The van der Waals surface area contributed by atoms with Crippen molar-refractivity contribution in [3.8, 4) is 0 Å². The molecule has 0 aliphatic rings. The zero-order valence-corrected chi connectivity index (χ0v) is 9.93. The van der Waals surface area contributed by atoms with E-state index in [-0.39, 0.29) is 18.8 Å². The van der Waals surface area contributed by atoms with Crippen molar-refractivity contribution in [3.05, 3.63) is 23.5 Å². The molecule has 1 aromatic heterocycles. The van der Waals surface area contributed by atoms with E-state index in [0.717, 1.165) is 0 Å². The van der Waals surface area contributed by atoms with Crippen molar-refractivity contribution in [1.29, 1.82) is 0 Å². The fourth-order valence-corrected chi connectivity index (χ4v) is 1.45. The number of H-pyrrole nitrogens is 1. The van der Waals surface area contributed by atoms with Gasteiger partial charge in [0.15, 0.2) is 0 Å². The quantitative estimate of drug-likeness (QED) is 0.518. The minimum absolute atomic E-state index is 0.262. The molecule has 4 N–H and O–H groups in total. The summed E-state index contributed by atoms with van der Waals surface area (Å²) in [5, 5.41) is 22.1. The second-order valence-corrected chi connectivity index (χ2v) is 3.64. The molecule has 0 bridgehead atoms. The molecule has 6 nitrogen and oxygen atoms in total. The lowest BCUT2D eigenvalue weighted by molar-refractivity contribution is 0.0203. The van der Waals surface area contributed by atoms with Gasteiger partial charge in [-0.1, -0.05) is 0 Å². The summed E-state index contributed by atoms with van der Waals surface area (Å²) in [4.78, 5) is 14.1. The van der Waals surface area contributed by atoms with Crippen LogP contribution in [0, 0.1) is 0 Å². The van der Waals surface area contributed by atoms with Crippen LogP contribution in [0.15, 0.2) is 12.3 Å². The van der Waals surface area contributed by atoms with Gasteiger partial charge in [0.2, 0.25) is 0 Å². The first-order chi connectivity index (χ1) is 8.10. The second kappa shape index (κ2) is 6.39. The van der Waals surface area contributed by atoms with Crippen molar-refractivity contribution in [2.75, 3.05) is 20.2 Å². The molecule has 0 saturated carbocycles. The van der Waals surface area contributed by atoms with Crippen molar-refractivity contribution in [2.24, 2.45) is 0 Å². The van der Waals surface area contributed by atoms with Crippen molar-refractivity contribution in [2.45, 2.75) is 19.1 Å². The van der Waals surface area contributed by atoms with Crippen molar-refractivity contribution in [3.63, 3.8) is 0 Å². The SMILES string of the molecule is CCOC(=O)c1cc(C(O)C(O)CNC)c[nH]1. The number of aromatic amines is 1. The molecule has 96 valence electrons. The number of esters is 1. The summed E-state index contributed by atoms with van der Waals surface area (Å²) in [6.07, 6.45) is -0.483. The fraction of sp³-hybridized carbons (Fsp3) is 0.545. The molecule has 0 aliphatic heterocycles. The van der Waals surface area contributed by atoms with Crippen LogP contribution >= 0.6 is 0 Å². The topological polar surface area (TPSA) is 94.6 Å². The van der Waals surface area contributed by atoms with E-state index in [0.29, 0.717) is 5.56 Å². The maximum atomic E-state index is 11.4. The third-order valence-corrected chi connectivity index (χ3v) is 2.32. The highest BCUT2D eigenvalue weighted by molar-refractivity contribution is 5.87. The zero-order valence-electron chi connectivity index (χ0n) is 9.93. The molecule has 0 aliphatic carbocycles. The number of aliphatic hydroxyl groups excluding tert-OH is 2. The summed E-state index contributed by atoms with van der Waals surface area (Å²) in [6, 6.07) is 1.47. The van der Waals surface area contributed by atoms with Crippen molar-refractivity contribution < 1.29 is 19.7 Å². The Hall–Kier alpha value is -1.37. The number of rotatable bonds is 6. The third-order valence-electron chi connectivity index (χ3n) is 2.32. The predicted octanol–water partition coefficient (Wildman–Crippen LogP) is -0.195. The number of hydrogen-bond acceptors (Lipinski definition) is 5. The predicted molar refractivity (Wildman–Crippen MR) is 61.6 cm³/mol. The average molecular weight is 242 g/mol. The Morgan fingerprint density at radius 3 is 2.88 bits per heavy atom. The maximum absolute atomic E-state index is 11.4. The number of likely N-dealkylation sites (N-methyl/N-ethyl adjacent to an activating group) is 1. The van der Waals surface area contributed by atoms with Gasteiger partial charge in [0.25, 0.3) is 0 Å². The molecule has 0 saturated heterocycles. The Morgan fingerprint density at radius 2 is 2.29 bits per heavy atom. The molecule has 0 amide bonds. The van der Waals surface area contributed by atoms with Crippen LogP contribution in [-0.4, -0.2) is 47.5 Å². The van der Waals surface area contributed by atoms with Crippen LogP contribution in [-0.2, 0) is 4.74 Å². The lowest BCUT2D eigenvalue weighted by atomic mass is 10.1. The Morgan fingerprint density at radius 1 is 1.59 bits per heavy atom. The first-order valence-electron chi connectivity index (χ1n) is 5.46. The van der Waals surface area contributed by atoms with Gasteiger partial charge in [0.1, 0.15) is 11.8 Å². The number of carbonyl (C=O) groups excluding carboxylic acids is 1. The lowest BCUT2D eigenvalue weighted by Crippen LogP contribution is -2.29. The Balaban J connectivity index is 2.70. The molecule has 17 heavy (non-hydrogen) atoms. The van der Waals surface area contributed by atoms with Crippen LogP contribution in [0.1, 0.15) is 29.1 Å². The molecule has 2 unspecified atom stereocenters. The van der Waals surface area contributed by atoms with E-state index in [9.17, 15) is 15.0 Å². The van der Waals surface area contributed by atoms with Gasteiger partial charge in [-0.15, -0.1) is 0 Å². The highest BCUT2D eigenvalue weighted by Gasteiger charge is 2.20. The smallest absolute Gasteiger partial charge is 0.354 e. The van der Waals surface area contributed by atoms with Crippen LogP contribution in [0.3, 0.4) is 0 Å². The molecule has 6 heteroatoms. The maximum Gasteiger partial charge on any atom is 0.354 e. The van der Waals surface area contributed by atoms with Crippen molar-refractivity contribution >= 4 is 5.97 Å². The van der Waals surface area contributed by atoms with Gasteiger partial charge >= 0.3 is 5.97 Å². The third kappa shape index (κ3) is 3.55. The first-order valence-corrected chi connectivity index (χ1v) is 5.46. The summed E-state index contributed by atoms with van der Waals surface area (Å²) in [5.74, 6) is -0.478. The number of nitrogens with one attached hydrogen (secondary N) is 2. The molecule has 1 rings (SSSR count). The molecule has 0 radical (unpaired) electrons. The molecule has 0 spiro atoms. The molecule has 1 heterocycles.